The summed E-state index contributed by atoms with van der Waals surface area (Å²) in [6.45, 7) is 4.73. The Morgan fingerprint density at radius 1 is 0.574 bits per heavy atom. The average Bonchev–Trinajstić information content (AvgIpc) is 3.71. The van der Waals surface area contributed by atoms with E-state index in [9.17, 15) is 0 Å². The minimum absolute atomic E-state index is 0.0294. The van der Waals surface area contributed by atoms with Gasteiger partial charge in [-0.3, -0.25) is 0 Å². The number of para-hydroxylation sites is 3. The molecule has 2 unspecified atom stereocenters. The molecule has 0 spiro atoms. The second-order valence-corrected chi connectivity index (χ2v) is 13.7. The molecular formula is C45H34N2. The molecule has 0 bridgehead atoms. The molecule has 0 amide bonds. The van der Waals surface area contributed by atoms with Crippen LogP contribution < -0.4 is 4.90 Å². The zero-order chi connectivity index (χ0) is 31.3. The summed E-state index contributed by atoms with van der Waals surface area (Å²) in [5, 5.41) is 2.57. The van der Waals surface area contributed by atoms with E-state index in [1.165, 1.54) is 77.8 Å². The molecular weight excluding hydrogens is 569 g/mol. The zero-order valence-corrected chi connectivity index (χ0v) is 26.6. The molecule has 0 radical (unpaired) electrons. The van der Waals surface area contributed by atoms with E-state index in [2.05, 4.69) is 181 Å². The van der Waals surface area contributed by atoms with Crippen molar-refractivity contribution in [1.82, 2.24) is 4.57 Å². The number of nitrogens with zero attached hydrogens (tertiary/aromatic N) is 2. The van der Waals surface area contributed by atoms with E-state index in [-0.39, 0.29) is 17.4 Å². The molecule has 1 aliphatic heterocycles. The number of rotatable bonds is 3. The van der Waals surface area contributed by atoms with Crippen LogP contribution in [-0.4, -0.2) is 10.6 Å². The molecule has 1 aromatic heterocycles. The fourth-order valence-electron chi connectivity index (χ4n) is 8.69. The van der Waals surface area contributed by atoms with Gasteiger partial charge >= 0.3 is 0 Å². The van der Waals surface area contributed by atoms with Crippen LogP contribution >= 0.6 is 0 Å². The van der Waals surface area contributed by atoms with Gasteiger partial charge in [0, 0.05) is 39.2 Å². The van der Waals surface area contributed by atoms with Gasteiger partial charge in [0.05, 0.1) is 17.1 Å². The van der Waals surface area contributed by atoms with Crippen molar-refractivity contribution < 1.29 is 0 Å². The Morgan fingerprint density at radius 3 is 2.23 bits per heavy atom. The molecule has 10 rings (SSSR count). The first-order chi connectivity index (χ1) is 23.1. The van der Waals surface area contributed by atoms with Crippen LogP contribution in [0.25, 0.3) is 44.2 Å². The molecule has 2 heteroatoms. The molecule has 2 atom stereocenters. The maximum Gasteiger partial charge on any atom is 0.0630 e. The molecule has 47 heavy (non-hydrogen) atoms. The van der Waals surface area contributed by atoms with Crippen molar-refractivity contribution in [3.63, 3.8) is 0 Å². The van der Waals surface area contributed by atoms with Gasteiger partial charge in [0.25, 0.3) is 0 Å². The Labute approximate surface area is 275 Å². The molecule has 0 saturated carbocycles. The van der Waals surface area contributed by atoms with Crippen LogP contribution in [0.4, 0.5) is 11.4 Å². The Bertz CT molecular complexity index is 2460. The Hall–Kier alpha value is -5.60. The Morgan fingerprint density at radius 2 is 1.32 bits per heavy atom. The third-order valence-corrected chi connectivity index (χ3v) is 10.9. The van der Waals surface area contributed by atoms with Gasteiger partial charge in [0.2, 0.25) is 0 Å². The van der Waals surface area contributed by atoms with Gasteiger partial charge in [0.1, 0.15) is 0 Å². The number of anilines is 2. The smallest absolute Gasteiger partial charge is 0.0630 e. The molecule has 2 aliphatic carbocycles. The van der Waals surface area contributed by atoms with Crippen LogP contribution in [0, 0.1) is 0 Å². The maximum absolute atomic E-state index is 2.57. The van der Waals surface area contributed by atoms with E-state index in [1.807, 2.05) is 0 Å². The third kappa shape index (κ3) is 3.73. The van der Waals surface area contributed by atoms with Gasteiger partial charge in [-0.05, 0) is 87.5 Å². The van der Waals surface area contributed by atoms with E-state index in [0.29, 0.717) is 0 Å². The quantitative estimate of drug-likeness (QED) is 0.195. The SMILES string of the molecule is CC1(C)c2ccccc2-c2ccc(N3c4ccccc4C4C=C(c5ccc6c(c5)c5ccccc5n6-c5ccccc5)C=CC43)cc21. The summed E-state index contributed by atoms with van der Waals surface area (Å²) in [7, 11) is 0. The van der Waals surface area contributed by atoms with Crippen molar-refractivity contribution in [2.45, 2.75) is 31.2 Å². The number of hydrogen-bond acceptors (Lipinski definition) is 1. The molecule has 0 fully saturated rings. The molecule has 3 aliphatic rings. The van der Waals surface area contributed by atoms with Crippen LogP contribution in [-0.2, 0) is 5.41 Å². The summed E-state index contributed by atoms with van der Waals surface area (Å²) in [5.74, 6) is 0.269. The number of benzene rings is 6. The summed E-state index contributed by atoms with van der Waals surface area (Å²) < 4.78 is 2.39. The second-order valence-electron chi connectivity index (χ2n) is 13.7. The maximum atomic E-state index is 2.57. The van der Waals surface area contributed by atoms with Crippen molar-refractivity contribution in [2.24, 2.45) is 0 Å². The number of hydrogen-bond donors (Lipinski definition) is 0. The van der Waals surface area contributed by atoms with Crippen LogP contribution in [0.15, 0.2) is 158 Å². The minimum Gasteiger partial charge on any atom is -0.333 e. The van der Waals surface area contributed by atoms with Crippen LogP contribution in [0.2, 0.25) is 0 Å². The lowest BCUT2D eigenvalue weighted by Crippen LogP contribution is -2.29. The molecule has 6 aromatic carbocycles. The molecule has 7 aromatic rings. The Kier molecular flexibility index (Phi) is 5.49. The second kappa shape index (κ2) is 9.70. The van der Waals surface area contributed by atoms with Crippen molar-refractivity contribution >= 4 is 38.8 Å². The van der Waals surface area contributed by atoms with Crippen molar-refractivity contribution in [3.05, 3.63) is 180 Å². The zero-order valence-electron chi connectivity index (χ0n) is 26.6. The first-order valence-electron chi connectivity index (χ1n) is 16.7. The lowest BCUT2D eigenvalue weighted by atomic mass is 9.82. The highest BCUT2D eigenvalue weighted by atomic mass is 15.2. The van der Waals surface area contributed by atoms with Crippen LogP contribution in [0.3, 0.4) is 0 Å². The standard InChI is InChI=1S/C45H34N2/c1-45(2)39-17-9-6-14-33(39)34-23-22-32(28-40(34)45)47-42-19-11-8-16-36(42)38-27-30(21-25-44(38)47)29-20-24-43-37(26-29)35-15-7-10-18-41(35)46(43)31-12-4-3-5-13-31/h3-28,38,44H,1-2H3. The van der Waals surface area contributed by atoms with Gasteiger partial charge in [-0.25, -0.2) is 0 Å². The fraction of sp³-hybridized carbons (Fsp3) is 0.111. The number of allylic oxidation sites excluding steroid dienone is 2. The summed E-state index contributed by atoms with van der Waals surface area (Å²) in [6.07, 6.45) is 7.30. The first kappa shape index (κ1) is 26.6. The average molecular weight is 603 g/mol. The largest absolute Gasteiger partial charge is 0.333 e. The van der Waals surface area contributed by atoms with Crippen LogP contribution in [0.1, 0.15) is 42.0 Å². The van der Waals surface area contributed by atoms with Gasteiger partial charge in [-0.1, -0.05) is 123 Å². The van der Waals surface area contributed by atoms with Gasteiger partial charge in [-0.2, -0.15) is 0 Å². The highest BCUT2D eigenvalue weighted by molar-refractivity contribution is 6.10. The number of fused-ring (bicyclic) bond motifs is 9. The van der Waals surface area contributed by atoms with E-state index in [0.717, 1.165) is 0 Å². The summed E-state index contributed by atoms with van der Waals surface area (Å²) >= 11 is 0. The lowest BCUT2D eigenvalue weighted by Gasteiger charge is -2.31. The van der Waals surface area contributed by atoms with E-state index >= 15 is 0 Å². The van der Waals surface area contributed by atoms with Gasteiger partial charge < -0.3 is 9.47 Å². The van der Waals surface area contributed by atoms with E-state index in [4.69, 9.17) is 0 Å². The highest BCUT2D eigenvalue weighted by Gasteiger charge is 2.40. The normalized spacial score (nSPS) is 18.6. The van der Waals surface area contributed by atoms with Crippen molar-refractivity contribution in [2.75, 3.05) is 4.90 Å². The first-order valence-corrected chi connectivity index (χ1v) is 16.7. The van der Waals surface area contributed by atoms with Gasteiger partial charge in [-0.15, -0.1) is 0 Å². The van der Waals surface area contributed by atoms with Crippen molar-refractivity contribution in [3.8, 4) is 16.8 Å². The summed E-state index contributed by atoms with van der Waals surface area (Å²) in [6, 6.07) is 51.7. The van der Waals surface area contributed by atoms with E-state index in [1.54, 1.807) is 0 Å². The monoisotopic (exact) mass is 602 g/mol. The lowest BCUT2D eigenvalue weighted by molar-refractivity contribution is 0.659. The molecule has 224 valence electrons. The predicted molar refractivity (Wildman–Crippen MR) is 197 cm³/mol. The molecule has 2 heterocycles. The topological polar surface area (TPSA) is 8.17 Å². The van der Waals surface area contributed by atoms with E-state index < -0.39 is 0 Å². The number of aromatic nitrogens is 1. The highest BCUT2D eigenvalue weighted by Crippen LogP contribution is 2.53. The molecule has 0 N–H and O–H groups in total. The minimum atomic E-state index is -0.0294. The Balaban J connectivity index is 1.07. The summed E-state index contributed by atoms with van der Waals surface area (Å²) in [5.41, 5.74) is 15.7. The summed E-state index contributed by atoms with van der Waals surface area (Å²) in [4.78, 5) is 2.57. The fourth-order valence-corrected chi connectivity index (χ4v) is 8.69. The predicted octanol–water partition coefficient (Wildman–Crippen LogP) is 11.3. The third-order valence-electron chi connectivity index (χ3n) is 10.9. The molecule has 2 nitrogen and oxygen atoms in total. The van der Waals surface area contributed by atoms with Gasteiger partial charge in [0.15, 0.2) is 0 Å². The molecule has 0 saturated heterocycles. The van der Waals surface area contributed by atoms with Crippen molar-refractivity contribution in [1.29, 1.82) is 0 Å². The van der Waals surface area contributed by atoms with Crippen LogP contribution in [0.5, 0.6) is 0 Å².